The second-order valence-electron chi connectivity index (χ2n) is 4.05. The smallest absolute Gasteiger partial charge is 0.229 e. The second-order valence-corrected chi connectivity index (χ2v) is 4.05. The number of benzene rings is 1. The molecule has 1 saturated heterocycles. The minimum absolute atomic E-state index is 0.00807. The van der Waals surface area contributed by atoms with Crippen molar-refractivity contribution in [1.82, 2.24) is 0 Å². The number of amides is 1. The van der Waals surface area contributed by atoms with Gasteiger partial charge in [-0.05, 0) is 37.1 Å². The lowest BCUT2D eigenvalue weighted by Crippen LogP contribution is -2.23. The summed E-state index contributed by atoms with van der Waals surface area (Å²) in [4.78, 5) is 11.8. The molecule has 1 aromatic rings. The Hall–Kier alpha value is -1.55. The van der Waals surface area contributed by atoms with Crippen molar-refractivity contribution in [2.24, 2.45) is 5.92 Å². The molecule has 1 heterocycles. The molecule has 1 fully saturated rings. The average molecular weight is 221 g/mol. The maximum atomic E-state index is 11.8. The fourth-order valence-corrected chi connectivity index (χ4v) is 1.76. The van der Waals surface area contributed by atoms with Gasteiger partial charge < -0.3 is 15.2 Å². The zero-order chi connectivity index (χ0) is 11.5. The highest BCUT2D eigenvalue weighted by molar-refractivity contribution is 5.93. The van der Waals surface area contributed by atoms with E-state index in [2.05, 4.69) is 5.32 Å². The van der Waals surface area contributed by atoms with Gasteiger partial charge in [-0.3, -0.25) is 4.79 Å². The molecule has 16 heavy (non-hydrogen) atoms. The number of rotatable bonds is 2. The van der Waals surface area contributed by atoms with Gasteiger partial charge in [0.2, 0.25) is 5.91 Å². The SMILES string of the molecule is Cc1cc(O)ccc1NC(=O)C1CCOC1. The molecule has 86 valence electrons. The first-order valence-corrected chi connectivity index (χ1v) is 5.35. The molecule has 4 nitrogen and oxygen atoms in total. The van der Waals surface area contributed by atoms with E-state index in [4.69, 9.17) is 4.74 Å². The van der Waals surface area contributed by atoms with E-state index in [0.717, 1.165) is 17.7 Å². The van der Waals surface area contributed by atoms with Gasteiger partial charge in [-0.25, -0.2) is 0 Å². The van der Waals surface area contributed by atoms with Gasteiger partial charge in [0.1, 0.15) is 5.75 Å². The maximum absolute atomic E-state index is 11.8. The molecule has 4 heteroatoms. The topological polar surface area (TPSA) is 58.6 Å². The monoisotopic (exact) mass is 221 g/mol. The molecule has 0 radical (unpaired) electrons. The Bertz CT molecular complexity index is 397. The first kappa shape index (κ1) is 11.0. The fourth-order valence-electron chi connectivity index (χ4n) is 1.76. The van der Waals surface area contributed by atoms with E-state index < -0.39 is 0 Å². The van der Waals surface area contributed by atoms with Crippen LogP contribution in [0.3, 0.4) is 0 Å². The van der Waals surface area contributed by atoms with Crippen LogP contribution in [0, 0.1) is 12.8 Å². The van der Waals surface area contributed by atoms with Crippen LogP contribution in [0.25, 0.3) is 0 Å². The highest BCUT2D eigenvalue weighted by Gasteiger charge is 2.23. The number of aromatic hydroxyl groups is 1. The van der Waals surface area contributed by atoms with Crippen molar-refractivity contribution in [3.8, 4) is 5.75 Å². The molecule has 1 amide bonds. The zero-order valence-corrected chi connectivity index (χ0v) is 9.19. The maximum Gasteiger partial charge on any atom is 0.229 e. The molecule has 2 rings (SSSR count). The number of hydrogen-bond donors (Lipinski definition) is 2. The molecule has 0 aliphatic carbocycles. The fraction of sp³-hybridized carbons (Fsp3) is 0.417. The van der Waals surface area contributed by atoms with Gasteiger partial charge in [0.25, 0.3) is 0 Å². The lowest BCUT2D eigenvalue weighted by atomic mass is 10.1. The van der Waals surface area contributed by atoms with Gasteiger partial charge in [0.15, 0.2) is 0 Å². The Labute approximate surface area is 94.2 Å². The first-order chi connectivity index (χ1) is 7.66. The zero-order valence-electron chi connectivity index (χ0n) is 9.19. The number of carbonyl (C=O) groups excluding carboxylic acids is 1. The predicted octanol–water partition coefficient (Wildman–Crippen LogP) is 1.68. The van der Waals surface area contributed by atoms with Gasteiger partial charge in [0, 0.05) is 12.3 Å². The summed E-state index contributed by atoms with van der Waals surface area (Å²) in [6.45, 7) is 3.01. The van der Waals surface area contributed by atoms with Crippen molar-refractivity contribution < 1.29 is 14.6 Å². The number of phenols is 1. The van der Waals surface area contributed by atoms with E-state index in [-0.39, 0.29) is 17.6 Å². The van der Waals surface area contributed by atoms with Gasteiger partial charge in [-0.1, -0.05) is 0 Å². The van der Waals surface area contributed by atoms with Crippen LogP contribution in [0.1, 0.15) is 12.0 Å². The molecule has 1 aromatic carbocycles. The summed E-state index contributed by atoms with van der Waals surface area (Å²) in [5.41, 5.74) is 1.60. The van der Waals surface area contributed by atoms with Crippen molar-refractivity contribution >= 4 is 11.6 Å². The molecular formula is C12H15NO3. The molecule has 2 N–H and O–H groups in total. The van der Waals surface area contributed by atoms with E-state index in [1.165, 1.54) is 0 Å². The third-order valence-electron chi connectivity index (χ3n) is 2.77. The van der Waals surface area contributed by atoms with Crippen molar-refractivity contribution in [3.05, 3.63) is 23.8 Å². The number of phenolic OH excluding ortho intramolecular Hbond substituents is 1. The lowest BCUT2D eigenvalue weighted by molar-refractivity contribution is -0.119. The number of nitrogens with one attached hydrogen (secondary N) is 1. The Balaban J connectivity index is 2.05. The number of anilines is 1. The number of aryl methyl sites for hydroxylation is 1. The van der Waals surface area contributed by atoms with E-state index in [0.29, 0.717) is 13.2 Å². The molecule has 1 aliphatic heterocycles. The van der Waals surface area contributed by atoms with Crippen LogP contribution >= 0.6 is 0 Å². The van der Waals surface area contributed by atoms with Gasteiger partial charge in [0.05, 0.1) is 12.5 Å². The summed E-state index contributed by atoms with van der Waals surface area (Å²) in [6, 6.07) is 4.90. The summed E-state index contributed by atoms with van der Waals surface area (Å²) in [6.07, 6.45) is 0.781. The molecule has 0 aromatic heterocycles. The van der Waals surface area contributed by atoms with E-state index in [9.17, 15) is 9.90 Å². The van der Waals surface area contributed by atoms with Crippen LogP contribution in [0.15, 0.2) is 18.2 Å². The van der Waals surface area contributed by atoms with Gasteiger partial charge in [-0.15, -0.1) is 0 Å². The molecule has 0 saturated carbocycles. The van der Waals surface area contributed by atoms with E-state index in [1.54, 1.807) is 18.2 Å². The Morgan fingerprint density at radius 2 is 2.38 bits per heavy atom. The minimum Gasteiger partial charge on any atom is -0.508 e. The molecule has 0 spiro atoms. The number of ether oxygens (including phenoxy) is 1. The summed E-state index contributed by atoms with van der Waals surface area (Å²) in [5, 5.41) is 12.1. The molecular weight excluding hydrogens is 206 g/mol. The molecule has 1 unspecified atom stereocenters. The molecule has 1 aliphatic rings. The normalized spacial score (nSPS) is 19.7. The lowest BCUT2D eigenvalue weighted by Gasteiger charge is -2.11. The summed E-state index contributed by atoms with van der Waals surface area (Å²) < 4.78 is 5.16. The van der Waals surface area contributed by atoms with E-state index >= 15 is 0 Å². The third kappa shape index (κ3) is 2.33. The third-order valence-corrected chi connectivity index (χ3v) is 2.77. The highest BCUT2D eigenvalue weighted by Crippen LogP contribution is 2.22. The van der Waals surface area contributed by atoms with Crippen LogP contribution in [-0.2, 0) is 9.53 Å². The van der Waals surface area contributed by atoms with Crippen molar-refractivity contribution in [2.45, 2.75) is 13.3 Å². The Morgan fingerprint density at radius 1 is 1.56 bits per heavy atom. The van der Waals surface area contributed by atoms with Crippen LogP contribution < -0.4 is 5.32 Å². The summed E-state index contributed by atoms with van der Waals surface area (Å²) in [5.74, 6) is 0.152. The van der Waals surface area contributed by atoms with Gasteiger partial charge in [-0.2, -0.15) is 0 Å². The summed E-state index contributed by atoms with van der Waals surface area (Å²) >= 11 is 0. The Morgan fingerprint density at radius 3 is 3.00 bits per heavy atom. The average Bonchev–Trinajstić information content (AvgIpc) is 2.75. The highest BCUT2D eigenvalue weighted by atomic mass is 16.5. The largest absolute Gasteiger partial charge is 0.508 e. The number of carbonyl (C=O) groups is 1. The predicted molar refractivity (Wildman–Crippen MR) is 60.4 cm³/mol. The van der Waals surface area contributed by atoms with Crippen molar-refractivity contribution in [2.75, 3.05) is 18.5 Å². The minimum atomic E-state index is -0.0480. The van der Waals surface area contributed by atoms with Crippen LogP contribution in [-0.4, -0.2) is 24.2 Å². The number of hydrogen-bond acceptors (Lipinski definition) is 3. The first-order valence-electron chi connectivity index (χ1n) is 5.35. The van der Waals surface area contributed by atoms with E-state index in [1.807, 2.05) is 6.92 Å². The Kier molecular flexibility index (Phi) is 3.10. The molecule has 0 bridgehead atoms. The summed E-state index contributed by atoms with van der Waals surface area (Å²) in [7, 11) is 0. The van der Waals surface area contributed by atoms with Crippen LogP contribution in [0.4, 0.5) is 5.69 Å². The van der Waals surface area contributed by atoms with Crippen LogP contribution in [0.5, 0.6) is 5.75 Å². The quantitative estimate of drug-likeness (QED) is 0.747. The van der Waals surface area contributed by atoms with Crippen molar-refractivity contribution in [3.63, 3.8) is 0 Å². The van der Waals surface area contributed by atoms with Crippen LogP contribution in [0.2, 0.25) is 0 Å². The van der Waals surface area contributed by atoms with Gasteiger partial charge >= 0.3 is 0 Å². The molecule has 1 atom stereocenters. The second kappa shape index (κ2) is 4.53. The standard InChI is InChI=1S/C12H15NO3/c1-8-6-10(14)2-3-11(8)13-12(15)9-4-5-16-7-9/h2-3,6,9,14H,4-5,7H2,1H3,(H,13,15). The van der Waals surface area contributed by atoms with Crippen molar-refractivity contribution in [1.29, 1.82) is 0 Å².